The molecule has 0 spiro atoms. The number of alkyl halides is 4. The Morgan fingerprint density at radius 1 is 1.15 bits per heavy atom. The molecule has 180 valence electrons. The molecule has 1 N–H and O–H groups in total. The van der Waals surface area contributed by atoms with Gasteiger partial charge in [-0.3, -0.25) is 9.08 Å². The van der Waals surface area contributed by atoms with E-state index in [4.69, 9.17) is 11.6 Å². The summed E-state index contributed by atoms with van der Waals surface area (Å²) in [6.07, 6.45) is -7.79. The summed E-state index contributed by atoms with van der Waals surface area (Å²) in [4.78, 5) is 12.5. The first-order valence-corrected chi connectivity index (χ1v) is 11.2. The quantitative estimate of drug-likeness (QED) is 0.347. The summed E-state index contributed by atoms with van der Waals surface area (Å²) in [5.41, 5.74) is -8.06. The number of amides is 1. The Morgan fingerprint density at radius 3 is 2.36 bits per heavy atom. The number of benzene rings is 2. The molecule has 0 aliphatic carbocycles. The largest absolute Gasteiger partial charge is 0.523 e. The van der Waals surface area contributed by atoms with Crippen molar-refractivity contribution in [2.75, 3.05) is 6.54 Å². The molecule has 1 aliphatic heterocycles. The second-order valence-electron chi connectivity index (χ2n) is 7.48. The Labute approximate surface area is 190 Å². The first kappa shape index (κ1) is 25.2. The number of hydrogen-bond donors (Lipinski definition) is 1. The molecule has 0 aromatic heterocycles. The van der Waals surface area contributed by atoms with E-state index in [2.05, 4.69) is 4.18 Å². The average Bonchev–Trinajstić information content (AvgIpc) is 2.97. The fourth-order valence-corrected chi connectivity index (χ4v) is 4.85. The van der Waals surface area contributed by atoms with Gasteiger partial charge < -0.3 is 5.11 Å². The molecule has 3 atom stereocenters. The van der Waals surface area contributed by atoms with Crippen LogP contribution in [-0.2, 0) is 27.1 Å². The molecule has 0 radical (unpaired) electrons. The van der Waals surface area contributed by atoms with Gasteiger partial charge in [0.2, 0.25) is 0 Å². The van der Waals surface area contributed by atoms with E-state index in [0.29, 0.717) is 10.5 Å². The topological polar surface area (TPSA) is 83.9 Å². The lowest BCUT2D eigenvalue weighted by Crippen LogP contribution is -2.58. The van der Waals surface area contributed by atoms with Crippen molar-refractivity contribution in [3.63, 3.8) is 0 Å². The van der Waals surface area contributed by atoms with Crippen LogP contribution in [-0.4, -0.2) is 54.4 Å². The van der Waals surface area contributed by atoms with E-state index in [1.165, 1.54) is 42.5 Å². The van der Waals surface area contributed by atoms with Crippen molar-refractivity contribution in [3.8, 4) is 0 Å². The van der Waals surface area contributed by atoms with Gasteiger partial charge in [-0.1, -0.05) is 54.1 Å². The second-order valence-corrected chi connectivity index (χ2v) is 9.45. The van der Waals surface area contributed by atoms with Crippen LogP contribution in [0.1, 0.15) is 11.1 Å². The fourth-order valence-electron chi connectivity index (χ4n) is 3.97. The summed E-state index contributed by atoms with van der Waals surface area (Å²) in [6, 6.07) is 11.3. The van der Waals surface area contributed by atoms with E-state index in [1.54, 1.807) is 6.07 Å². The summed E-state index contributed by atoms with van der Waals surface area (Å²) < 4.78 is 96.7. The summed E-state index contributed by atoms with van der Waals surface area (Å²) in [6.45, 7) is -0.984. The van der Waals surface area contributed by atoms with Crippen LogP contribution in [0.25, 0.3) is 0 Å². The minimum atomic E-state index is -6.32. The van der Waals surface area contributed by atoms with E-state index in [0.717, 1.165) is 0 Å². The molecule has 2 aromatic carbocycles. The minimum absolute atomic E-state index is 0.253. The molecule has 1 aliphatic rings. The normalized spacial score (nSPS) is 23.6. The predicted octanol–water partition coefficient (Wildman–Crippen LogP) is 4.57. The highest BCUT2D eigenvalue weighted by Crippen LogP contribution is 2.42. The zero-order valence-electron chi connectivity index (χ0n) is 16.6. The lowest BCUT2D eigenvalue weighted by Gasteiger charge is -2.40. The number of nitrogens with zero attached hydrogens (tertiary/aromatic N) is 1. The molecule has 13 heteroatoms. The Balaban J connectivity index is 2.21. The van der Waals surface area contributed by atoms with Crippen LogP contribution in [0.4, 0.5) is 26.7 Å². The third-order valence-electron chi connectivity index (χ3n) is 5.38. The average molecular weight is 514 g/mol. The molecule has 0 saturated carbocycles. The maximum absolute atomic E-state index is 15.0. The molecule has 33 heavy (non-hydrogen) atoms. The first-order chi connectivity index (χ1) is 15.3. The van der Waals surface area contributed by atoms with E-state index in [-0.39, 0.29) is 10.6 Å². The Bertz CT molecular complexity index is 1130. The van der Waals surface area contributed by atoms with Gasteiger partial charge in [-0.25, -0.2) is 13.6 Å². The van der Waals surface area contributed by atoms with Gasteiger partial charge in [0.05, 0.1) is 17.1 Å². The van der Waals surface area contributed by atoms with Gasteiger partial charge in [-0.2, -0.15) is 21.6 Å². The van der Waals surface area contributed by atoms with Crippen LogP contribution in [0.5, 0.6) is 0 Å². The molecule has 2 aromatic rings. The number of carbonyl (C=O) groups is 1. The van der Waals surface area contributed by atoms with E-state index >= 15 is 4.39 Å². The second kappa shape index (κ2) is 9.07. The molecule has 1 amide bonds. The molecular formula is C20H17ClF5NO5S. The summed E-state index contributed by atoms with van der Waals surface area (Å²) in [5.74, 6) is -1.00. The van der Waals surface area contributed by atoms with Crippen LogP contribution in [0.3, 0.4) is 0 Å². The third-order valence-corrected chi connectivity index (χ3v) is 6.70. The number of likely N-dealkylation sites (tertiary alicyclic amines) is 1. The van der Waals surface area contributed by atoms with E-state index < -0.39 is 64.7 Å². The molecule has 1 saturated heterocycles. The maximum Gasteiger partial charge on any atom is 0.523 e. The van der Waals surface area contributed by atoms with Crippen molar-refractivity contribution in [1.82, 2.24) is 4.90 Å². The van der Waals surface area contributed by atoms with Crippen molar-refractivity contribution < 1.29 is 44.5 Å². The molecule has 1 fully saturated rings. The SMILES string of the molecule is O=C(O)N1C[C@H](F)[C@@H](OS(=O)(=O)C(F)(F)F)[C@]1(Cc1ccccc1)Cc1cccc(Cl)c1F. The van der Waals surface area contributed by atoms with Crippen molar-refractivity contribution in [3.05, 3.63) is 70.5 Å². The summed E-state index contributed by atoms with van der Waals surface area (Å²) in [7, 11) is -6.32. The van der Waals surface area contributed by atoms with Crippen LogP contribution in [0.15, 0.2) is 48.5 Å². The minimum Gasteiger partial charge on any atom is -0.465 e. The van der Waals surface area contributed by atoms with Gasteiger partial charge in [0, 0.05) is 6.42 Å². The molecule has 1 heterocycles. The van der Waals surface area contributed by atoms with Gasteiger partial charge in [0.15, 0.2) is 0 Å². The Kier molecular flexibility index (Phi) is 6.92. The highest BCUT2D eigenvalue weighted by molar-refractivity contribution is 7.87. The van der Waals surface area contributed by atoms with Crippen LogP contribution in [0, 0.1) is 5.82 Å². The number of hydrogen-bond acceptors (Lipinski definition) is 4. The summed E-state index contributed by atoms with van der Waals surface area (Å²) in [5, 5.41) is 9.37. The van der Waals surface area contributed by atoms with Crippen LogP contribution >= 0.6 is 11.6 Å². The van der Waals surface area contributed by atoms with Crippen LogP contribution < -0.4 is 0 Å². The predicted molar refractivity (Wildman–Crippen MR) is 107 cm³/mol. The molecule has 6 nitrogen and oxygen atoms in total. The van der Waals surface area contributed by atoms with Gasteiger partial charge in [0.25, 0.3) is 0 Å². The van der Waals surface area contributed by atoms with Crippen molar-refractivity contribution in [2.24, 2.45) is 0 Å². The van der Waals surface area contributed by atoms with E-state index in [1.807, 2.05) is 0 Å². The van der Waals surface area contributed by atoms with Gasteiger partial charge >= 0.3 is 21.7 Å². The Morgan fingerprint density at radius 2 is 1.79 bits per heavy atom. The lowest BCUT2D eigenvalue weighted by molar-refractivity contribution is -0.0644. The lowest BCUT2D eigenvalue weighted by atomic mass is 9.80. The molecule has 0 bridgehead atoms. The van der Waals surface area contributed by atoms with Gasteiger partial charge in [-0.05, 0) is 23.6 Å². The number of halogens is 6. The fraction of sp³-hybridized carbons (Fsp3) is 0.350. The number of carboxylic acid groups (broad SMARTS) is 1. The van der Waals surface area contributed by atoms with Crippen molar-refractivity contribution in [1.29, 1.82) is 0 Å². The van der Waals surface area contributed by atoms with Crippen molar-refractivity contribution >= 4 is 27.8 Å². The maximum atomic E-state index is 15.0. The van der Waals surface area contributed by atoms with Crippen molar-refractivity contribution in [2.45, 2.75) is 36.2 Å². The zero-order valence-corrected chi connectivity index (χ0v) is 18.2. The number of rotatable bonds is 6. The standard InChI is InChI=1S/C20H17ClF5NO5S/c21-14-8-4-7-13(16(14)23)10-19(9-12-5-2-1-3-6-12)17(15(22)11-27(19)18(28)29)32-33(30,31)20(24,25)26/h1-8,15,17H,9-11H2,(H,28,29)/t15-,17+,19-/m0/s1. The van der Waals surface area contributed by atoms with Gasteiger partial charge in [0.1, 0.15) is 18.1 Å². The van der Waals surface area contributed by atoms with E-state index in [9.17, 15) is 35.9 Å². The zero-order chi connectivity index (χ0) is 24.6. The molecular weight excluding hydrogens is 497 g/mol. The monoisotopic (exact) mass is 513 g/mol. The third kappa shape index (κ3) is 4.92. The van der Waals surface area contributed by atoms with Crippen LogP contribution in [0.2, 0.25) is 5.02 Å². The smallest absolute Gasteiger partial charge is 0.465 e. The molecule has 3 rings (SSSR count). The molecule has 0 unspecified atom stereocenters. The Hall–Kier alpha value is -2.44. The summed E-state index contributed by atoms with van der Waals surface area (Å²) >= 11 is 5.78. The highest BCUT2D eigenvalue weighted by atomic mass is 35.5. The highest BCUT2D eigenvalue weighted by Gasteiger charge is 2.61. The first-order valence-electron chi connectivity index (χ1n) is 9.39. The van der Waals surface area contributed by atoms with Gasteiger partial charge in [-0.15, -0.1) is 0 Å².